The van der Waals surface area contributed by atoms with Gasteiger partial charge < -0.3 is 20.5 Å². The number of fused-ring (bicyclic) bond motifs is 4. The zero-order valence-electron chi connectivity index (χ0n) is 24.1. The van der Waals surface area contributed by atoms with E-state index in [-0.39, 0.29) is 5.91 Å². The van der Waals surface area contributed by atoms with Gasteiger partial charge in [0.15, 0.2) is 6.10 Å². The Balaban J connectivity index is 1.72. The third kappa shape index (κ3) is 6.74. The molecule has 3 amide bonds. The molecule has 2 aromatic rings. The Morgan fingerprint density at radius 1 is 1.07 bits per heavy atom. The highest BCUT2D eigenvalue weighted by Crippen LogP contribution is 2.25. The van der Waals surface area contributed by atoms with Crippen molar-refractivity contribution in [2.75, 3.05) is 13.2 Å². The summed E-state index contributed by atoms with van der Waals surface area (Å²) in [6.07, 6.45) is 3.20. The van der Waals surface area contributed by atoms with E-state index in [0.29, 0.717) is 30.6 Å². The van der Waals surface area contributed by atoms with Crippen LogP contribution >= 0.6 is 0 Å². The van der Waals surface area contributed by atoms with Gasteiger partial charge in [0.05, 0.1) is 23.9 Å². The molecule has 4 rings (SSSR count). The number of hydrogen-bond acceptors (Lipinski definition) is 8. The monoisotopic (exact) mass is 565 g/mol. The van der Waals surface area contributed by atoms with Crippen LogP contribution in [0.4, 0.5) is 0 Å². The Morgan fingerprint density at radius 2 is 1.78 bits per heavy atom. The molecule has 1 fully saturated rings. The molecule has 2 aliphatic heterocycles. The summed E-state index contributed by atoms with van der Waals surface area (Å²) in [5.74, 6) is -2.47. The molecule has 5 bridgehead atoms. The van der Waals surface area contributed by atoms with E-state index in [0.717, 1.165) is 10.9 Å². The minimum Gasteiger partial charge on any atom is -0.451 e. The summed E-state index contributed by atoms with van der Waals surface area (Å²) in [7, 11) is 0. The van der Waals surface area contributed by atoms with Crippen molar-refractivity contribution in [1.82, 2.24) is 26.1 Å². The standard InChI is InChI=1S/C30H39N5O6/c1-17(2)25-27(38)32-19(4)28(39)35-14-6-7-23(34-35)26(37)31-18(3)22-11-10-21-9-8-20(15-24(21)33-22)12-13-30(5,16-36)29(40)41-25/h8-13,15,17-19,23,25,34,36H,6-7,14,16H2,1-5H3,(H,31,37)(H,32,38)/b13-12+/t18-,19+,23+,25+,30-/m1/s1. The molecule has 11 heteroatoms. The van der Waals surface area contributed by atoms with Crippen molar-refractivity contribution < 1.29 is 29.0 Å². The van der Waals surface area contributed by atoms with Crippen molar-refractivity contribution in [2.24, 2.45) is 11.3 Å². The number of amides is 3. The predicted octanol–water partition coefficient (Wildman–Crippen LogP) is 2.01. The zero-order chi connectivity index (χ0) is 29.9. The van der Waals surface area contributed by atoms with Crippen LogP contribution in [0.3, 0.4) is 0 Å². The van der Waals surface area contributed by atoms with E-state index in [1.54, 1.807) is 32.9 Å². The molecule has 0 saturated carbocycles. The molecule has 1 saturated heterocycles. The van der Waals surface area contributed by atoms with Gasteiger partial charge in [-0.3, -0.25) is 29.2 Å². The number of nitrogens with zero attached hydrogens (tertiary/aromatic N) is 2. The minimum atomic E-state index is -1.43. The first-order chi connectivity index (χ1) is 19.4. The molecule has 220 valence electrons. The summed E-state index contributed by atoms with van der Waals surface area (Å²) in [5, 5.41) is 18.0. The fourth-order valence-electron chi connectivity index (χ4n) is 4.82. The maximum Gasteiger partial charge on any atom is 0.318 e. The first-order valence-corrected chi connectivity index (χ1v) is 14.0. The molecular weight excluding hydrogens is 526 g/mol. The second-order valence-corrected chi connectivity index (χ2v) is 11.4. The summed E-state index contributed by atoms with van der Waals surface area (Å²) in [4.78, 5) is 57.5. The van der Waals surface area contributed by atoms with Gasteiger partial charge in [-0.2, -0.15) is 0 Å². The molecule has 11 nitrogen and oxygen atoms in total. The van der Waals surface area contributed by atoms with Gasteiger partial charge in [-0.05, 0) is 57.2 Å². The lowest BCUT2D eigenvalue weighted by molar-refractivity contribution is -0.167. The number of esters is 1. The van der Waals surface area contributed by atoms with Crippen LogP contribution in [0.15, 0.2) is 36.4 Å². The van der Waals surface area contributed by atoms with E-state index in [4.69, 9.17) is 9.72 Å². The molecule has 41 heavy (non-hydrogen) atoms. The molecule has 5 atom stereocenters. The molecule has 3 heterocycles. The van der Waals surface area contributed by atoms with Crippen molar-refractivity contribution in [3.63, 3.8) is 0 Å². The van der Waals surface area contributed by atoms with E-state index in [1.165, 1.54) is 11.9 Å². The molecule has 0 unspecified atom stereocenters. The van der Waals surface area contributed by atoms with Gasteiger partial charge in [-0.25, -0.2) is 5.43 Å². The van der Waals surface area contributed by atoms with E-state index >= 15 is 0 Å². The summed E-state index contributed by atoms with van der Waals surface area (Å²) >= 11 is 0. The molecule has 0 aliphatic carbocycles. The number of benzene rings is 1. The molecule has 2 aliphatic rings. The van der Waals surface area contributed by atoms with Gasteiger partial charge in [-0.15, -0.1) is 0 Å². The van der Waals surface area contributed by atoms with Crippen molar-refractivity contribution in [1.29, 1.82) is 0 Å². The van der Waals surface area contributed by atoms with Crippen LogP contribution < -0.4 is 16.1 Å². The number of rotatable bonds is 2. The Bertz CT molecular complexity index is 1360. The van der Waals surface area contributed by atoms with E-state index in [9.17, 15) is 24.3 Å². The lowest BCUT2D eigenvalue weighted by atomic mass is 9.90. The van der Waals surface area contributed by atoms with Gasteiger partial charge >= 0.3 is 5.97 Å². The highest BCUT2D eigenvalue weighted by atomic mass is 16.6. The van der Waals surface area contributed by atoms with Crippen LogP contribution in [-0.4, -0.2) is 70.1 Å². The van der Waals surface area contributed by atoms with Crippen LogP contribution in [0.1, 0.15) is 64.8 Å². The highest BCUT2D eigenvalue weighted by molar-refractivity contribution is 5.91. The Kier molecular flexibility index (Phi) is 9.08. The molecule has 0 radical (unpaired) electrons. The minimum absolute atomic E-state index is 0.258. The predicted molar refractivity (Wildman–Crippen MR) is 153 cm³/mol. The first kappa shape index (κ1) is 30.1. The third-order valence-electron chi connectivity index (χ3n) is 7.57. The second kappa shape index (κ2) is 12.4. The average Bonchev–Trinajstić information content (AvgIpc) is 2.96. The number of hydrogen-bond donors (Lipinski definition) is 4. The quantitative estimate of drug-likeness (QED) is 0.404. The molecule has 1 aromatic heterocycles. The largest absolute Gasteiger partial charge is 0.451 e. The average molecular weight is 566 g/mol. The van der Waals surface area contributed by atoms with Gasteiger partial charge in [0.25, 0.3) is 11.8 Å². The van der Waals surface area contributed by atoms with Crippen molar-refractivity contribution in [3.05, 3.63) is 47.7 Å². The number of cyclic esters (lactones) is 1. The summed E-state index contributed by atoms with van der Waals surface area (Å²) in [5.41, 5.74) is 3.68. The molecule has 0 spiro atoms. The maximum absolute atomic E-state index is 13.3. The summed E-state index contributed by atoms with van der Waals surface area (Å²) < 4.78 is 5.63. The number of carbonyl (C=O) groups is 4. The van der Waals surface area contributed by atoms with Crippen LogP contribution in [0.25, 0.3) is 17.0 Å². The first-order valence-electron chi connectivity index (χ1n) is 14.0. The number of nitrogens with one attached hydrogen (secondary N) is 3. The Labute approximate surface area is 239 Å². The Morgan fingerprint density at radius 3 is 2.49 bits per heavy atom. The summed E-state index contributed by atoms with van der Waals surface area (Å²) in [6, 6.07) is 7.43. The molecule has 4 N–H and O–H groups in total. The topological polar surface area (TPSA) is 150 Å². The van der Waals surface area contributed by atoms with Crippen LogP contribution in [0.5, 0.6) is 0 Å². The number of pyridine rings is 1. The van der Waals surface area contributed by atoms with Crippen molar-refractivity contribution in [2.45, 2.75) is 71.7 Å². The zero-order valence-corrected chi connectivity index (χ0v) is 24.1. The lowest BCUT2D eigenvalue weighted by Crippen LogP contribution is -2.61. The fourth-order valence-corrected chi connectivity index (χ4v) is 4.82. The SMILES string of the molecule is CC(C)[C@@H]1OC(=O)[C@@](C)(CO)/C=C/c2ccc3ccc(nc3c2)[C@@H](C)NC(=O)[C@@H]2CCCN(N2)C(=O)[C@H](C)NC1=O. The third-order valence-corrected chi connectivity index (χ3v) is 7.57. The number of carbonyl (C=O) groups excluding carboxylic acids is 4. The van der Waals surface area contributed by atoms with Gasteiger partial charge in [-0.1, -0.05) is 44.2 Å². The van der Waals surface area contributed by atoms with Crippen LogP contribution in [0, 0.1) is 11.3 Å². The summed E-state index contributed by atoms with van der Waals surface area (Å²) in [6.45, 7) is 8.20. The van der Waals surface area contributed by atoms with Crippen molar-refractivity contribution >= 4 is 40.7 Å². The number of hydrazine groups is 1. The van der Waals surface area contributed by atoms with Gasteiger partial charge in [0, 0.05) is 11.9 Å². The normalized spacial score (nSPS) is 29.2. The molecular formula is C30H39N5O6. The Hall–Kier alpha value is -3.83. The lowest BCUT2D eigenvalue weighted by Gasteiger charge is -2.35. The van der Waals surface area contributed by atoms with Crippen LogP contribution in [0.2, 0.25) is 0 Å². The van der Waals surface area contributed by atoms with E-state index in [1.807, 2.05) is 37.3 Å². The number of aromatic nitrogens is 1. The number of aliphatic hydroxyl groups excluding tert-OH is 1. The smallest absolute Gasteiger partial charge is 0.318 e. The number of aliphatic hydroxyl groups is 1. The number of ether oxygens (including phenoxy) is 1. The van der Waals surface area contributed by atoms with E-state index < -0.39 is 60.0 Å². The second-order valence-electron chi connectivity index (χ2n) is 11.4. The highest BCUT2D eigenvalue weighted by Gasteiger charge is 2.38. The fraction of sp³-hybridized carbons (Fsp3) is 0.500. The van der Waals surface area contributed by atoms with Gasteiger partial charge in [0.2, 0.25) is 5.91 Å². The van der Waals surface area contributed by atoms with Crippen LogP contribution in [-0.2, 0) is 23.9 Å². The van der Waals surface area contributed by atoms with Crippen molar-refractivity contribution in [3.8, 4) is 0 Å². The van der Waals surface area contributed by atoms with Gasteiger partial charge in [0.1, 0.15) is 17.5 Å². The maximum atomic E-state index is 13.3. The van der Waals surface area contributed by atoms with E-state index in [2.05, 4.69) is 16.1 Å². The molecule has 1 aromatic carbocycles.